The van der Waals surface area contributed by atoms with Gasteiger partial charge in [0.25, 0.3) is 5.78 Å². The molecule has 2 N–H and O–H groups in total. The molecule has 2 atom stereocenters. The molecule has 9 heteroatoms. The van der Waals surface area contributed by atoms with Crippen molar-refractivity contribution in [3.05, 3.63) is 87.9 Å². The number of phenols is 1. The monoisotopic (exact) mass is 518 g/mol. The van der Waals surface area contributed by atoms with Gasteiger partial charge >= 0.3 is 5.91 Å². The smallest absolute Gasteiger partial charge is 0.301 e. The average molecular weight is 519 g/mol. The van der Waals surface area contributed by atoms with E-state index in [0.29, 0.717) is 33.2 Å². The molecule has 7 nitrogen and oxygen atoms in total. The second kappa shape index (κ2) is 8.36. The van der Waals surface area contributed by atoms with Crippen molar-refractivity contribution in [3.8, 4) is 11.5 Å². The number of Topliss-reactive ketones (excluding diaryl/α,β-unsaturated/α-hetero) is 1. The van der Waals surface area contributed by atoms with Gasteiger partial charge in [-0.15, -0.1) is 0 Å². The SMILES string of the molecule is CC1Cc2cc(C(O)=C3C(=O)C(=O)N(c4nc5ccc(Cl)cc5s4)C3c3ccc(O)cc3)ccc2O1. The lowest BCUT2D eigenvalue weighted by Crippen LogP contribution is -2.29. The van der Waals surface area contributed by atoms with E-state index in [1.807, 2.05) is 6.92 Å². The first kappa shape index (κ1) is 22.6. The van der Waals surface area contributed by atoms with Gasteiger partial charge in [-0.25, -0.2) is 4.98 Å². The van der Waals surface area contributed by atoms with E-state index in [-0.39, 0.29) is 23.2 Å². The molecule has 2 aliphatic rings. The van der Waals surface area contributed by atoms with Crippen LogP contribution in [0.5, 0.6) is 11.5 Å². The molecule has 1 amide bonds. The number of benzene rings is 3. The van der Waals surface area contributed by atoms with Crippen LogP contribution in [0.4, 0.5) is 5.13 Å². The summed E-state index contributed by atoms with van der Waals surface area (Å²) in [6.45, 7) is 1.96. The number of ketones is 1. The fraction of sp³-hybridized carbons (Fsp3) is 0.148. The van der Waals surface area contributed by atoms with Gasteiger partial charge in [-0.3, -0.25) is 14.5 Å². The molecule has 0 radical (unpaired) electrons. The quantitative estimate of drug-likeness (QED) is 0.208. The van der Waals surface area contributed by atoms with Crippen molar-refractivity contribution in [2.45, 2.75) is 25.5 Å². The van der Waals surface area contributed by atoms with Gasteiger partial charge in [0.2, 0.25) is 0 Å². The van der Waals surface area contributed by atoms with Crippen molar-refractivity contribution in [2.24, 2.45) is 0 Å². The van der Waals surface area contributed by atoms with Crippen LogP contribution >= 0.6 is 22.9 Å². The Morgan fingerprint density at radius 1 is 1.11 bits per heavy atom. The molecule has 1 aromatic heterocycles. The molecule has 6 rings (SSSR count). The largest absolute Gasteiger partial charge is 0.508 e. The van der Waals surface area contributed by atoms with Crippen LogP contribution < -0.4 is 9.64 Å². The van der Waals surface area contributed by atoms with E-state index < -0.39 is 17.7 Å². The first-order valence-corrected chi connectivity index (χ1v) is 12.5. The minimum Gasteiger partial charge on any atom is -0.508 e. The van der Waals surface area contributed by atoms with Crippen LogP contribution in [-0.4, -0.2) is 33.0 Å². The topological polar surface area (TPSA) is 100.0 Å². The van der Waals surface area contributed by atoms with E-state index in [2.05, 4.69) is 4.98 Å². The van der Waals surface area contributed by atoms with Crippen molar-refractivity contribution in [1.29, 1.82) is 0 Å². The standard InChI is InChI=1S/C27H19ClN2O5S/c1-13-10-16-11-15(4-9-20(16)35-13)24(32)22-23(14-2-6-18(31)7-3-14)30(26(34)25(22)33)27-29-19-8-5-17(28)12-21(19)36-27/h2-9,11-13,23,31-32H,10H2,1H3. The summed E-state index contributed by atoms with van der Waals surface area (Å²) in [5.74, 6) is -1.10. The summed E-state index contributed by atoms with van der Waals surface area (Å²) in [6.07, 6.45) is 0.702. The molecule has 0 bridgehead atoms. The highest BCUT2D eigenvalue weighted by Crippen LogP contribution is 2.45. The molecular formula is C27H19ClN2O5S. The van der Waals surface area contributed by atoms with Gasteiger partial charge in [-0.2, -0.15) is 0 Å². The Kier molecular flexibility index (Phi) is 5.24. The normalized spacial score (nSPS) is 20.7. The molecule has 36 heavy (non-hydrogen) atoms. The molecule has 1 saturated heterocycles. The van der Waals surface area contributed by atoms with Crippen LogP contribution in [0, 0.1) is 0 Å². The number of fused-ring (bicyclic) bond motifs is 2. The minimum atomic E-state index is -0.940. The van der Waals surface area contributed by atoms with Crippen LogP contribution in [0.1, 0.15) is 29.7 Å². The van der Waals surface area contributed by atoms with Crippen molar-refractivity contribution in [2.75, 3.05) is 4.90 Å². The maximum atomic E-state index is 13.4. The molecule has 3 heterocycles. The number of ether oxygens (including phenoxy) is 1. The van der Waals surface area contributed by atoms with Crippen molar-refractivity contribution >= 4 is 55.7 Å². The number of hydrogen-bond acceptors (Lipinski definition) is 7. The van der Waals surface area contributed by atoms with Crippen molar-refractivity contribution in [3.63, 3.8) is 0 Å². The van der Waals surface area contributed by atoms with Crippen molar-refractivity contribution < 1.29 is 24.5 Å². The number of thiazole rings is 1. The first-order chi connectivity index (χ1) is 17.3. The van der Waals surface area contributed by atoms with E-state index in [4.69, 9.17) is 16.3 Å². The molecular weight excluding hydrogens is 500 g/mol. The Morgan fingerprint density at radius 3 is 2.67 bits per heavy atom. The maximum Gasteiger partial charge on any atom is 0.301 e. The van der Waals surface area contributed by atoms with Gasteiger partial charge in [-0.05, 0) is 66.6 Å². The fourth-order valence-electron chi connectivity index (χ4n) is 4.72. The van der Waals surface area contributed by atoms with E-state index in [0.717, 1.165) is 16.0 Å². The van der Waals surface area contributed by atoms with Crippen LogP contribution in [0.25, 0.3) is 16.0 Å². The number of anilines is 1. The Hall–Kier alpha value is -3.88. The van der Waals surface area contributed by atoms with Gasteiger partial charge in [0.1, 0.15) is 23.4 Å². The second-order valence-corrected chi connectivity index (χ2v) is 10.3. The van der Waals surface area contributed by atoms with Crippen LogP contribution in [0.3, 0.4) is 0 Å². The number of carbonyl (C=O) groups is 2. The molecule has 0 spiro atoms. The van der Waals surface area contributed by atoms with Crippen molar-refractivity contribution in [1.82, 2.24) is 4.98 Å². The first-order valence-electron chi connectivity index (χ1n) is 11.3. The molecule has 4 aromatic rings. The number of aromatic hydroxyl groups is 1. The van der Waals surface area contributed by atoms with E-state index in [9.17, 15) is 19.8 Å². The van der Waals surface area contributed by atoms with Crippen LogP contribution in [0.15, 0.2) is 66.2 Å². The zero-order valence-corrected chi connectivity index (χ0v) is 20.5. The highest BCUT2D eigenvalue weighted by molar-refractivity contribution is 7.22. The molecule has 0 saturated carbocycles. The number of carbonyl (C=O) groups excluding carboxylic acids is 2. The van der Waals surface area contributed by atoms with E-state index >= 15 is 0 Å². The molecule has 2 aliphatic heterocycles. The molecule has 180 valence electrons. The number of halogens is 1. The number of aliphatic hydroxyl groups excluding tert-OH is 1. The maximum absolute atomic E-state index is 13.4. The Bertz CT molecular complexity index is 1590. The second-order valence-electron chi connectivity index (χ2n) is 8.82. The van der Waals surface area contributed by atoms with Gasteiger partial charge in [0, 0.05) is 17.0 Å². The predicted molar refractivity (Wildman–Crippen MR) is 138 cm³/mol. The number of nitrogens with zero attached hydrogens (tertiary/aromatic N) is 2. The summed E-state index contributed by atoms with van der Waals surface area (Å²) < 4.78 is 6.51. The van der Waals surface area contributed by atoms with Crippen LogP contribution in [0.2, 0.25) is 5.02 Å². The number of rotatable bonds is 3. The average Bonchev–Trinajstić information content (AvgIpc) is 3.51. The number of aliphatic hydroxyl groups is 1. The number of hydrogen-bond donors (Lipinski definition) is 2. The Morgan fingerprint density at radius 2 is 1.89 bits per heavy atom. The van der Waals surface area contributed by atoms with Crippen LogP contribution in [-0.2, 0) is 16.0 Å². The third-order valence-corrected chi connectivity index (χ3v) is 7.62. The summed E-state index contributed by atoms with van der Waals surface area (Å²) in [6, 6.07) is 15.7. The predicted octanol–water partition coefficient (Wildman–Crippen LogP) is 5.61. The van der Waals surface area contributed by atoms with Gasteiger partial charge < -0.3 is 14.9 Å². The lowest BCUT2D eigenvalue weighted by Gasteiger charge is -2.23. The zero-order chi connectivity index (χ0) is 25.1. The van der Waals surface area contributed by atoms with E-state index in [1.54, 1.807) is 48.5 Å². The molecule has 1 fully saturated rings. The Labute approximate surface area is 214 Å². The highest BCUT2D eigenvalue weighted by Gasteiger charge is 2.48. The lowest BCUT2D eigenvalue weighted by molar-refractivity contribution is -0.132. The molecule has 0 aliphatic carbocycles. The summed E-state index contributed by atoms with van der Waals surface area (Å²) in [4.78, 5) is 32.6. The van der Waals surface area contributed by atoms with Gasteiger partial charge in [-0.1, -0.05) is 35.1 Å². The number of aromatic nitrogens is 1. The summed E-state index contributed by atoms with van der Waals surface area (Å²) in [7, 11) is 0. The lowest BCUT2D eigenvalue weighted by atomic mass is 9.94. The third kappa shape index (κ3) is 3.61. The Balaban J connectivity index is 1.53. The number of amides is 1. The third-order valence-electron chi connectivity index (χ3n) is 6.37. The minimum absolute atomic E-state index is 0.0208. The highest BCUT2D eigenvalue weighted by atomic mass is 35.5. The zero-order valence-electron chi connectivity index (χ0n) is 18.9. The summed E-state index contributed by atoms with van der Waals surface area (Å²) >= 11 is 7.36. The van der Waals surface area contributed by atoms with Gasteiger partial charge in [0.15, 0.2) is 5.13 Å². The van der Waals surface area contributed by atoms with E-state index in [1.165, 1.54) is 28.4 Å². The molecule has 3 aromatic carbocycles. The molecule has 2 unspecified atom stereocenters. The van der Waals surface area contributed by atoms with Gasteiger partial charge in [0.05, 0.1) is 21.8 Å². The number of phenolic OH excluding ortho intramolecular Hbond substituents is 1. The summed E-state index contributed by atoms with van der Waals surface area (Å²) in [5.41, 5.74) is 2.48. The fourth-order valence-corrected chi connectivity index (χ4v) is 5.98. The summed E-state index contributed by atoms with van der Waals surface area (Å²) in [5, 5.41) is 22.1.